The van der Waals surface area contributed by atoms with Crippen molar-refractivity contribution in [3.05, 3.63) is 65.7 Å². The fourth-order valence-electron chi connectivity index (χ4n) is 5.82. The second-order valence-electron chi connectivity index (χ2n) is 12.6. The van der Waals surface area contributed by atoms with Crippen LogP contribution in [0.4, 0.5) is 0 Å². The van der Waals surface area contributed by atoms with Gasteiger partial charge in [-0.2, -0.15) is 0 Å². The van der Waals surface area contributed by atoms with E-state index >= 15 is 0 Å². The molecule has 0 aromatic heterocycles. The second-order valence-corrected chi connectivity index (χ2v) is 12.6. The minimum atomic E-state index is -1.12. The summed E-state index contributed by atoms with van der Waals surface area (Å²) in [6, 6.07) is 10.1. The molecular formula is C34H44N6O7. The van der Waals surface area contributed by atoms with E-state index in [2.05, 4.69) is 26.6 Å². The molecule has 0 spiro atoms. The van der Waals surface area contributed by atoms with Crippen molar-refractivity contribution in [2.75, 3.05) is 13.1 Å². The first-order chi connectivity index (χ1) is 22.4. The number of phenols is 1. The number of nitrogens with one attached hydrogen (secondary N) is 5. The maximum Gasteiger partial charge on any atom is 0.245 e. The maximum atomic E-state index is 14.0. The van der Waals surface area contributed by atoms with Crippen molar-refractivity contribution in [1.29, 1.82) is 0 Å². The lowest BCUT2D eigenvalue weighted by Gasteiger charge is -2.31. The van der Waals surface area contributed by atoms with E-state index in [9.17, 15) is 33.9 Å². The fraction of sp³-hybridized carbons (Fsp3) is 0.471. The van der Waals surface area contributed by atoms with Crippen LogP contribution < -0.4 is 26.6 Å². The summed E-state index contributed by atoms with van der Waals surface area (Å²) in [5.41, 5.74) is 1.42. The van der Waals surface area contributed by atoms with Gasteiger partial charge in [-0.15, -0.1) is 0 Å². The minimum Gasteiger partial charge on any atom is -0.508 e. The number of aromatic hydroxyl groups is 1. The van der Waals surface area contributed by atoms with Crippen LogP contribution in [0, 0.1) is 5.92 Å². The number of benzene rings is 2. The summed E-state index contributed by atoms with van der Waals surface area (Å²) in [7, 11) is 0. The molecule has 13 heteroatoms. The molecule has 13 nitrogen and oxygen atoms in total. The standard InChI is InChI=1S/C34H44N6O7/c1-20(2)16-27-34(47)40-15-7-10-28(40)33(46)38-26(18-23-11-13-24(41)14-12-23)31(44)36-21(3)30(43)35-19-29(42)37-25(32(45)39-27)17-22-8-5-4-6-9-22/h4-6,8-9,11-14,20-21,25-28,41H,7,10,15-19H2,1-3H3,(H,35,43)(H,36,44)(H,37,42)(H,38,46)(H,39,45)/t21-,25+,26+,27+,28+/m1/s1. The van der Waals surface area contributed by atoms with Gasteiger partial charge in [-0.3, -0.25) is 28.8 Å². The first-order valence-electron chi connectivity index (χ1n) is 16.0. The summed E-state index contributed by atoms with van der Waals surface area (Å²) < 4.78 is 0. The second kappa shape index (κ2) is 16.1. The zero-order valence-corrected chi connectivity index (χ0v) is 27.0. The van der Waals surface area contributed by atoms with Crippen LogP contribution in [0.15, 0.2) is 54.6 Å². The summed E-state index contributed by atoms with van der Waals surface area (Å²) in [4.78, 5) is 82.3. The van der Waals surface area contributed by atoms with Gasteiger partial charge in [0, 0.05) is 19.4 Å². The molecule has 2 aromatic rings. The molecule has 6 N–H and O–H groups in total. The van der Waals surface area contributed by atoms with Crippen LogP contribution in [-0.4, -0.2) is 88.7 Å². The first-order valence-corrected chi connectivity index (χ1v) is 16.0. The van der Waals surface area contributed by atoms with Crippen molar-refractivity contribution in [3.63, 3.8) is 0 Å². The Hall–Kier alpha value is -4.94. The van der Waals surface area contributed by atoms with Crippen molar-refractivity contribution in [3.8, 4) is 5.75 Å². The maximum absolute atomic E-state index is 14.0. The Balaban J connectivity index is 1.65. The topological polar surface area (TPSA) is 186 Å². The van der Waals surface area contributed by atoms with E-state index in [0.717, 1.165) is 5.56 Å². The Morgan fingerprint density at radius 3 is 2.00 bits per heavy atom. The van der Waals surface area contributed by atoms with Gasteiger partial charge >= 0.3 is 0 Å². The molecule has 2 aromatic carbocycles. The molecule has 0 unspecified atom stereocenters. The zero-order chi connectivity index (χ0) is 34.1. The smallest absolute Gasteiger partial charge is 0.245 e. The molecule has 252 valence electrons. The lowest BCUT2D eigenvalue weighted by Crippen LogP contribution is -2.60. The van der Waals surface area contributed by atoms with Crippen molar-refractivity contribution in [2.24, 2.45) is 5.92 Å². The third-order valence-electron chi connectivity index (χ3n) is 8.28. The van der Waals surface area contributed by atoms with Crippen molar-refractivity contribution in [2.45, 2.75) is 83.1 Å². The van der Waals surface area contributed by atoms with E-state index in [-0.39, 0.29) is 31.1 Å². The molecule has 2 heterocycles. The van der Waals surface area contributed by atoms with Gasteiger partial charge < -0.3 is 36.6 Å². The highest BCUT2D eigenvalue weighted by molar-refractivity contribution is 5.97. The van der Waals surface area contributed by atoms with E-state index in [0.29, 0.717) is 24.8 Å². The summed E-state index contributed by atoms with van der Waals surface area (Å²) >= 11 is 0. The summed E-state index contributed by atoms with van der Waals surface area (Å²) in [5.74, 6) is -3.37. The van der Waals surface area contributed by atoms with Crippen LogP contribution in [0.25, 0.3) is 0 Å². The lowest BCUT2D eigenvalue weighted by atomic mass is 10.00. The van der Waals surface area contributed by atoms with E-state index in [1.165, 1.54) is 24.0 Å². The number of phenolic OH excluding ortho intramolecular Hbond substituents is 1. The molecule has 0 aliphatic carbocycles. The van der Waals surface area contributed by atoms with Crippen LogP contribution in [0.2, 0.25) is 0 Å². The van der Waals surface area contributed by atoms with E-state index in [1.807, 2.05) is 44.2 Å². The molecule has 0 bridgehead atoms. The number of rotatable bonds is 6. The van der Waals surface area contributed by atoms with Crippen molar-refractivity contribution in [1.82, 2.24) is 31.5 Å². The van der Waals surface area contributed by atoms with E-state index in [4.69, 9.17) is 0 Å². The summed E-state index contributed by atoms with van der Waals surface area (Å²) in [6.45, 7) is 5.10. The Labute approximate surface area is 274 Å². The highest BCUT2D eigenvalue weighted by atomic mass is 16.3. The molecule has 2 saturated heterocycles. The molecule has 6 amide bonds. The fourth-order valence-corrected chi connectivity index (χ4v) is 5.82. The van der Waals surface area contributed by atoms with Gasteiger partial charge in [0.05, 0.1) is 6.54 Å². The third kappa shape index (κ3) is 9.77. The number of carbonyl (C=O) groups is 6. The molecule has 5 atom stereocenters. The number of nitrogens with zero attached hydrogens (tertiary/aromatic N) is 1. The number of amides is 6. The Kier molecular flexibility index (Phi) is 11.9. The average Bonchev–Trinajstić information content (AvgIpc) is 3.53. The van der Waals surface area contributed by atoms with Gasteiger partial charge in [0.1, 0.15) is 36.0 Å². The van der Waals surface area contributed by atoms with Crippen LogP contribution in [-0.2, 0) is 41.6 Å². The third-order valence-corrected chi connectivity index (χ3v) is 8.28. The molecule has 0 radical (unpaired) electrons. The van der Waals surface area contributed by atoms with Gasteiger partial charge in [0.25, 0.3) is 0 Å². The molecule has 4 rings (SSSR count). The van der Waals surface area contributed by atoms with Crippen LogP contribution in [0.1, 0.15) is 51.2 Å². The average molecular weight is 649 g/mol. The zero-order valence-electron chi connectivity index (χ0n) is 27.0. The number of hydrogen-bond donors (Lipinski definition) is 6. The normalized spacial score (nSPS) is 25.1. The highest BCUT2D eigenvalue weighted by Gasteiger charge is 2.40. The van der Waals surface area contributed by atoms with E-state index < -0.39 is 72.2 Å². The lowest BCUT2D eigenvalue weighted by molar-refractivity contribution is -0.143. The molecular weight excluding hydrogens is 604 g/mol. The number of hydrogen-bond acceptors (Lipinski definition) is 7. The minimum absolute atomic E-state index is 0.00902. The molecule has 47 heavy (non-hydrogen) atoms. The van der Waals surface area contributed by atoms with Gasteiger partial charge in [0.2, 0.25) is 35.4 Å². The van der Waals surface area contributed by atoms with Crippen molar-refractivity contribution < 1.29 is 33.9 Å². The highest BCUT2D eigenvalue weighted by Crippen LogP contribution is 2.21. The SMILES string of the molecule is CC(C)C[C@@H]1NC(=O)[C@H](Cc2ccccc2)NC(=O)CNC(=O)[C@@H](C)NC(=O)[C@H](Cc2ccc(O)cc2)NC(=O)[C@@H]2CCCN2C1=O. The van der Waals surface area contributed by atoms with Crippen molar-refractivity contribution >= 4 is 35.4 Å². The molecule has 2 fully saturated rings. The Morgan fingerprint density at radius 1 is 0.745 bits per heavy atom. The van der Waals surface area contributed by atoms with Gasteiger partial charge in [-0.05, 0) is 55.4 Å². The largest absolute Gasteiger partial charge is 0.508 e. The monoisotopic (exact) mass is 648 g/mol. The predicted octanol–water partition coefficient (Wildman–Crippen LogP) is 0.303. The number of fused-ring (bicyclic) bond motifs is 1. The quantitative estimate of drug-likeness (QED) is 0.260. The molecule has 0 saturated carbocycles. The Bertz CT molecular complexity index is 1450. The Morgan fingerprint density at radius 2 is 1.34 bits per heavy atom. The van der Waals surface area contributed by atoms with Gasteiger partial charge in [-0.25, -0.2) is 0 Å². The number of carbonyl (C=O) groups excluding carboxylic acids is 6. The van der Waals surface area contributed by atoms with Crippen LogP contribution >= 0.6 is 0 Å². The summed E-state index contributed by atoms with van der Waals surface area (Å²) in [6.07, 6.45) is 1.38. The van der Waals surface area contributed by atoms with E-state index in [1.54, 1.807) is 12.1 Å². The molecule has 2 aliphatic rings. The van der Waals surface area contributed by atoms with Crippen LogP contribution in [0.3, 0.4) is 0 Å². The van der Waals surface area contributed by atoms with Crippen LogP contribution in [0.5, 0.6) is 5.75 Å². The predicted molar refractivity (Wildman–Crippen MR) is 173 cm³/mol. The summed E-state index contributed by atoms with van der Waals surface area (Å²) in [5, 5.41) is 23.1. The first kappa shape index (κ1) is 34.9. The molecule has 2 aliphatic heterocycles. The van der Waals surface area contributed by atoms with Gasteiger partial charge in [-0.1, -0.05) is 56.3 Å². The van der Waals surface area contributed by atoms with Gasteiger partial charge in [0.15, 0.2) is 0 Å².